The average Bonchev–Trinajstić information content (AvgIpc) is 3.32. The predicted molar refractivity (Wildman–Crippen MR) is 161 cm³/mol. The first-order valence-electron chi connectivity index (χ1n) is 13.1. The summed E-state index contributed by atoms with van der Waals surface area (Å²) in [6.07, 6.45) is 4.77. The van der Waals surface area contributed by atoms with Gasteiger partial charge in [0.15, 0.2) is 0 Å². The highest BCUT2D eigenvalue weighted by Crippen LogP contribution is 2.28. The molecule has 212 valence electrons. The van der Waals surface area contributed by atoms with Crippen LogP contribution in [0.2, 0.25) is 0 Å². The molecule has 0 bridgehead atoms. The molecule has 2 unspecified atom stereocenters. The van der Waals surface area contributed by atoms with Crippen molar-refractivity contribution in [3.63, 3.8) is 0 Å². The van der Waals surface area contributed by atoms with Gasteiger partial charge in [0.1, 0.15) is 11.3 Å². The van der Waals surface area contributed by atoms with Gasteiger partial charge in [-0.2, -0.15) is 0 Å². The standard InChI is InChI=1S/C25H44N4O4S4/c1-6-27-19-22(35)29(23(27)31)25(4,5)11-8-15-37(33)17-9-16-36(32)14-7-10-24(2,3)28-20-26(12-13-30)18-21(28)34/h13H,6-12,14-20H2,1-5H3. The molecule has 2 aliphatic heterocycles. The number of hydrogen-bond acceptors (Lipinski definition) is 7. The summed E-state index contributed by atoms with van der Waals surface area (Å²) < 4.78 is 25.0. The molecule has 0 aromatic rings. The van der Waals surface area contributed by atoms with E-state index in [9.17, 15) is 18.0 Å². The van der Waals surface area contributed by atoms with Gasteiger partial charge in [0.05, 0.1) is 31.3 Å². The van der Waals surface area contributed by atoms with Gasteiger partial charge >= 0.3 is 6.03 Å². The minimum Gasteiger partial charge on any atom is -0.347 e. The number of amides is 2. The first kappa shape index (κ1) is 32.4. The summed E-state index contributed by atoms with van der Waals surface area (Å²) in [6.45, 7) is 13.1. The second-order valence-corrected chi connectivity index (χ2v) is 15.4. The molecule has 2 rings (SSSR count). The Morgan fingerprint density at radius 3 is 1.92 bits per heavy atom. The molecule has 2 aliphatic rings. The van der Waals surface area contributed by atoms with Gasteiger partial charge in [-0.15, -0.1) is 0 Å². The third-order valence-corrected chi connectivity index (χ3v) is 10.8. The van der Waals surface area contributed by atoms with Crippen molar-refractivity contribution in [3.8, 4) is 0 Å². The summed E-state index contributed by atoms with van der Waals surface area (Å²) in [5, 5.41) is 0. The first-order chi connectivity index (χ1) is 17.3. The maximum Gasteiger partial charge on any atom is 0.325 e. The Morgan fingerprint density at radius 1 is 0.865 bits per heavy atom. The van der Waals surface area contributed by atoms with Crippen LogP contribution >= 0.6 is 24.4 Å². The van der Waals surface area contributed by atoms with Crippen LogP contribution in [0.3, 0.4) is 0 Å². The van der Waals surface area contributed by atoms with Crippen LogP contribution in [0, 0.1) is 0 Å². The van der Waals surface area contributed by atoms with Crippen LogP contribution in [0.25, 0.3) is 0 Å². The number of hydrogen-bond donors (Lipinski definition) is 0. The predicted octanol–water partition coefficient (Wildman–Crippen LogP) is 3.18. The Morgan fingerprint density at radius 2 is 1.41 bits per heavy atom. The Balaban J connectivity index is 1.63. The second kappa shape index (κ2) is 14.5. The van der Waals surface area contributed by atoms with Gasteiger partial charge < -0.3 is 14.6 Å². The van der Waals surface area contributed by atoms with Gasteiger partial charge in [-0.25, -0.2) is 4.79 Å². The number of urea groups is 1. The molecule has 0 radical (unpaired) electrons. The largest absolute Gasteiger partial charge is 0.347 e. The van der Waals surface area contributed by atoms with Crippen LogP contribution in [0.5, 0.6) is 0 Å². The number of aldehydes is 1. The van der Waals surface area contributed by atoms with E-state index in [1.165, 1.54) is 0 Å². The van der Waals surface area contributed by atoms with Crippen LogP contribution < -0.4 is 0 Å². The minimum atomic E-state index is -0.961. The number of carbonyl (C=O) groups excluding carboxylic acids is 2. The summed E-state index contributed by atoms with van der Waals surface area (Å²) in [5.74, 6) is 2.32. The zero-order chi connectivity index (χ0) is 27.8. The van der Waals surface area contributed by atoms with Crippen molar-refractivity contribution in [2.75, 3.05) is 55.9 Å². The molecule has 2 atom stereocenters. The lowest BCUT2D eigenvalue weighted by Gasteiger charge is -2.37. The summed E-state index contributed by atoms with van der Waals surface area (Å²) in [5.41, 5.74) is -0.546. The molecule has 12 heteroatoms. The maximum atomic E-state index is 12.6. The molecule has 2 amide bonds. The highest BCUT2D eigenvalue weighted by molar-refractivity contribution is 7.85. The van der Waals surface area contributed by atoms with E-state index in [2.05, 4.69) is 18.7 Å². The van der Waals surface area contributed by atoms with Gasteiger partial charge in [-0.05, 0) is 66.7 Å². The van der Waals surface area contributed by atoms with E-state index in [4.69, 9.17) is 24.4 Å². The van der Waals surface area contributed by atoms with E-state index in [-0.39, 0.29) is 11.6 Å². The monoisotopic (exact) mass is 592 g/mol. The van der Waals surface area contributed by atoms with Gasteiger partial charge in [0.2, 0.25) is 0 Å². The fraction of sp³-hybridized carbons (Fsp3) is 0.840. The maximum absolute atomic E-state index is 12.6. The van der Waals surface area contributed by atoms with Crippen LogP contribution in [0.4, 0.5) is 4.79 Å². The van der Waals surface area contributed by atoms with Crippen LogP contribution in [0.15, 0.2) is 0 Å². The SMILES string of the molecule is CCN1CC(=S)N(C(C)(C)CCCS(=O)CCCS(=O)CCCC(C)(C)N2CN(CC=O)CC2=S)C1=O. The van der Waals surface area contributed by atoms with E-state index in [1.807, 2.05) is 25.7 Å². The van der Waals surface area contributed by atoms with Gasteiger partial charge in [-0.1, -0.05) is 24.4 Å². The van der Waals surface area contributed by atoms with Crippen molar-refractivity contribution in [2.45, 2.75) is 77.8 Å². The molecular weight excluding hydrogens is 549 g/mol. The number of thiocarbonyl (C=S) groups is 2. The van der Waals surface area contributed by atoms with E-state index in [0.717, 1.165) is 37.0 Å². The molecule has 0 aromatic heterocycles. The highest BCUT2D eigenvalue weighted by Gasteiger charge is 2.41. The Kier molecular flexibility index (Phi) is 12.7. The zero-order valence-corrected chi connectivity index (χ0v) is 26.3. The Hall–Kier alpha value is -0.820. The average molecular weight is 593 g/mol. The van der Waals surface area contributed by atoms with Crippen molar-refractivity contribution in [2.24, 2.45) is 0 Å². The summed E-state index contributed by atoms with van der Waals surface area (Å²) in [7, 11) is -1.89. The minimum absolute atomic E-state index is 0.0347. The number of rotatable bonds is 17. The lowest BCUT2D eigenvalue weighted by molar-refractivity contribution is -0.108. The number of nitrogens with zero attached hydrogens (tertiary/aromatic N) is 4. The van der Waals surface area contributed by atoms with Crippen molar-refractivity contribution >= 4 is 68.3 Å². The molecule has 0 N–H and O–H groups in total. The fourth-order valence-corrected chi connectivity index (χ4v) is 8.34. The molecule has 2 fully saturated rings. The van der Waals surface area contributed by atoms with Gasteiger partial charge in [-0.3, -0.25) is 18.2 Å². The summed E-state index contributed by atoms with van der Waals surface area (Å²) in [4.78, 5) is 32.6. The van der Waals surface area contributed by atoms with Crippen molar-refractivity contribution in [3.05, 3.63) is 0 Å². The third kappa shape index (κ3) is 9.40. The van der Waals surface area contributed by atoms with E-state index in [0.29, 0.717) is 67.3 Å². The molecule has 2 heterocycles. The molecule has 37 heavy (non-hydrogen) atoms. The molecule has 0 aromatic carbocycles. The highest BCUT2D eigenvalue weighted by atomic mass is 32.2. The van der Waals surface area contributed by atoms with Gasteiger partial charge in [0.25, 0.3) is 0 Å². The molecule has 0 saturated carbocycles. The normalized spacial score (nSPS) is 19.3. The molecule has 2 saturated heterocycles. The zero-order valence-electron chi connectivity index (χ0n) is 23.0. The first-order valence-corrected chi connectivity index (χ1v) is 16.9. The van der Waals surface area contributed by atoms with Crippen LogP contribution in [-0.2, 0) is 26.4 Å². The summed E-state index contributed by atoms with van der Waals surface area (Å²) >= 11 is 11.0. The molecular formula is C25H44N4O4S4. The summed E-state index contributed by atoms with van der Waals surface area (Å²) in [6, 6.07) is -0.0347. The fourth-order valence-electron chi connectivity index (χ4n) is 4.92. The molecule has 0 aliphatic carbocycles. The molecule has 8 nitrogen and oxygen atoms in total. The van der Waals surface area contributed by atoms with Crippen LogP contribution in [0.1, 0.15) is 66.7 Å². The van der Waals surface area contributed by atoms with Crippen molar-refractivity contribution in [1.82, 2.24) is 19.6 Å². The lowest BCUT2D eigenvalue weighted by Crippen LogP contribution is -2.48. The number of carbonyl (C=O) groups is 2. The topological polar surface area (TPSA) is 81.2 Å². The molecule has 0 spiro atoms. The Bertz CT molecular complexity index is 896. The van der Waals surface area contributed by atoms with Crippen molar-refractivity contribution in [1.29, 1.82) is 0 Å². The number of likely N-dealkylation sites (N-methyl/N-ethyl adjacent to an activating group) is 1. The lowest BCUT2D eigenvalue weighted by atomic mass is 9.97. The third-order valence-electron chi connectivity index (χ3n) is 7.15. The van der Waals surface area contributed by atoms with E-state index in [1.54, 1.807) is 9.80 Å². The second-order valence-electron chi connectivity index (χ2n) is 11.0. The van der Waals surface area contributed by atoms with Gasteiger partial charge in [0, 0.05) is 62.2 Å². The van der Waals surface area contributed by atoms with E-state index >= 15 is 0 Å². The van der Waals surface area contributed by atoms with Crippen LogP contribution in [-0.4, -0.2) is 117 Å². The quantitative estimate of drug-likeness (QED) is 0.188. The smallest absolute Gasteiger partial charge is 0.325 e. The Labute approximate surface area is 238 Å². The van der Waals surface area contributed by atoms with E-state index < -0.39 is 27.1 Å². The van der Waals surface area contributed by atoms with Crippen molar-refractivity contribution < 1.29 is 18.0 Å².